The first-order chi connectivity index (χ1) is 9.17. The average molecular weight is 271 g/mol. The number of hydrogen-bond acceptors (Lipinski definition) is 2. The minimum Gasteiger partial charge on any atom is -0.317 e. The van der Waals surface area contributed by atoms with E-state index in [-0.39, 0.29) is 0 Å². The van der Waals surface area contributed by atoms with E-state index in [1.54, 1.807) is 0 Å². The van der Waals surface area contributed by atoms with Crippen LogP contribution in [0.25, 0.3) is 0 Å². The first-order valence-corrected chi connectivity index (χ1v) is 8.54. The summed E-state index contributed by atoms with van der Waals surface area (Å²) < 4.78 is 0. The van der Waals surface area contributed by atoms with Crippen molar-refractivity contribution in [2.75, 3.05) is 6.54 Å². The molecule has 0 aliphatic heterocycles. The molecule has 2 N–H and O–H groups in total. The Morgan fingerprint density at radius 3 is 2.05 bits per heavy atom. The van der Waals surface area contributed by atoms with Crippen molar-refractivity contribution < 1.29 is 5.21 Å². The van der Waals surface area contributed by atoms with E-state index in [0.717, 1.165) is 30.7 Å². The standard InChI is InChI=1S/C17H37NO/c1-5-8-9-16(6-2)14-17(7-3)11-10-15(4)12-13-18-19/h15-19H,5-14H2,1-4H3/t15?,16?,17-/m0/s1. The van der Waals surface area contributed by atoms with Gasteiger partial charge in [0.15, 0.2) is 0 Å². The smallest absolute Gasteiger partial charge is 0.0210 e. The number of nitrogens with one attached hydrogen (secondary N) is 1. The quantitative estimate of drug-likeness (QED) is 0.439. The molecule has 3 atom stereocenters. The van der Waals surface area contributed by atoms with E-state index >= 15 is 0 Å². The Hall–Kier alpha value is -0.0800. The molecule has 2 unspecified atom stereocenters. The van der Waals surface area contributed by atoms with Crippen LogP contribution < -0.4 is 5.48 Å². The van der Waals surface area contributed by atoms with E-state index in [1.807, 2.05) is 0 Å². The first-order valence-electron chi connectivity index (χ1n) is 8.54. The third-order valence-corrected chi connectivity index (χ3v) is 4.60. The highest BCUT2D eigenvalue weighted by molar-refractivity contribution is 4.67. The van der Waals surface area contributed by atoms with Gasteiger partial charge in [-0.1, -0.05) is 72.6 Å². The number of rotatable bonds is 13. The van der Waals surface area contributed by atoms with Crippen LogP contribution in [0.5, 0.6) is 0 Å². The van der Waals surface area contributed by atoms with Gasteiger partial charge in [0, 0.05) is 6.54 Å². The van der Waals surface area contributed by atoms with Crippen LogP contribution in [0.2, 0.25) is 0 Å². The lowest BCUT2D eigenvalue weighted by molar-refractivity contribution is 0.158. The molecule has 0 heterocycles. The molecular formula is C17H37NO. The summed E-state index contributed by atoms with van der Waals surface area (Å²) in [5.41, 5.74) is 2.26. The predicted molar refractivity (Wildman–Crippen MR) is 84.5 cm³/mol. The molecule has 0 saturated heterocycles. The summed E-state index contributed by atoms with van der Waals surface area (Å²) in [5.74, 6) is 2.58. The lowest BCUT2D eigenvalue weighted by Crippen LogP contribution is -2.14. The second-order valence-electron chi connectivity index (χ2n) is 6.31. The van der Waals surface area contributed by atoms with E-state index in [9.17, 15) is 0 Å². The van der Waals surface area contributed by atoms with Gasteiger partial charge in [-0.3, -0.25) is 0 Å². The zero-order chi connectivity index (χ0) is 14.5. The second kappa shape index (κ2) is 12.9. The van der Waals surface area contributed by atoms with Crippen LogP contribution in [-0.4, -0.2) is 11.8 Å². The lowest BCUT2D eigenvalue weighted by atomic mass is 9.83. The summed E-state index contributed by atoms with van der Waals surface area (Å²) in [6, 6.07) is 0. The molecule has 0 spiro atoms. The summed E-state index contributed by atoms with van der Waals surface area (Å²) in [5, 5.41) is 8.62. The van der Waals surface area contributed by atoms with Crippen LogP contribution >= 0.6 is 0 Å². The van der Waals surface area contributed by atoms with Crippen LogP contribution in [-0.2, 0) is 0 Å². The van der Waals surface area contributed by atoms with Gasteiger partial charge in [0.05, 0.1) is 0 Å². The second-order valence-corrected chi connectivity index (χ2v) is 6.31. The minimum absolute atomic E-state index is 0.726. The van der Waals surface area contributed by atoms with Gasteiger partial charge < -0.3 is 5.21 Å². The van der Waals surface area contributed by atoms with Crippen molar-refractivity contribution in [1.29, 1.82) is 0 Å². The van der Waals surface area contributed by atoms with Crippen LogP contribution in [0.3, 0.4) is 0 Å². The zero-order valence-corrected chi connectivity index (χ0v) is 13.8. The lowest BCUT2D eigenvalue weighted by Gasteiger charge is -2.23. The zero-order valence-electron chi connectivity index (χ0n) is 13.8. The van der Waals surface area contributed by atoms with E-state index in [2.05, 4.69) is 33.2 Å². The van der Waals surface area contributed by atoms with Crippen molar-refractivity contribution in [2.24, 2.45) is 17.8 Å². The maximum atomic E-state index is 8.62. The van der Waals surface area contributed by atoms with Crippen LogP contribution in [0, 0.1) is 17.8 Å². The molecule has 0 amide bonds. The van der Waals surface area contributed by atoms with Gasteiger partial charge in [0.1, 0.15) is 0 Å². The highest BCUT2D eigenvalue weighted by Gasteiger charge is 2.14. The molecule has 0 aromatic carbocycles. The molecule has 0 saturated carbocycles. The van der Waals surface area contributed by atoms with Crippen molar-refractivity contribution in [3.63, 3.8) is 0 Å². The maximum Gasteiger partial charge on any atom is 0.0210 e. The third-order valence-electron chi connectivity index (χ3n) is 4.60. The van der Waals surface area contributed by atoms with Crippen molar-refractivity contribution >= 4 is 0 Å². The average Bonchev–Trinajstić information content (AvgIpc) is 2.44. The first kappa shape index (κ1) is 18.9. The summed E-state index contributed by atoms with van der Waals surface area (Å²) in [6.45, 7) is 10.0. The minimum atomic E-state index is 0.726. The Balaban J connectivity index is 3.90. The van der Waals surface area contributed by atoms with Gasteiger partial charge in [-0.05, 0) is 30.6 Å². The van der Waals surface area contributed by atoms with E-state index in [4.69, 9.17) is 5.21 Å². The van der Waals surface area contributed by atoms with Gasteiger partial charge in [0.25, 0.3) is 0 Å². The number of unbranched alkanes of at least 4 members (excludes halogenated alkanes) is 1. The Kier molecular flexibility index (Phi) is 12.9. The molecule has 0 bridgehead atoms. The molecular weight excluding hydrogens is 234 g/mol. The molecule has 2 nitrogen and oxygen atoms in total. The van der Waals surface area contributed by atoms with Crippen molar-refractivity contribution in [1.82, 2.24) is 5.48 Å². The Bertz CT molecular complexity index is 184. The van der Waals surface area contributed by atoms with Gasteiger partial charge in [-0.15, -0.1) is 0 Å². The topological polar surface area (TPSA) is 32.3 Å². The monoisotopic (exact) mass is 271 g/mol. The largest absolute Gasteiger partial charge is 0.317 e. The van der Waals surface area contributed by atoms with Crippen LogP contribution in [0.15, 0.2) is 0 Å². The predicted octanol–water partition coefficient (Wildman–Crippen LogP) is 5.40. The summed E-state index contributed by atoms with van der Waals surface area (Å²) in [4.78, 5) is 0. The molecule has 0 aliphatic carbocycles. The van der Waals surface area contributed by atoms with Gasteiger partial charge in [0.2, 0.25) is 0 Å². The van der Waals surface area contributed by atoms with Crippen molar-refractivity contribution in [3.8, 4) is 0 Å². The Morgan fingerprint density at radius 2 is 1.53 bits per heavy atom. The van der Waals surface area contributed by atoms with Crippen molar-refractivity contribution in [2.45, 2.75) is 85.5 Å². The fraction of sp³-hybridized carbons (Fsp3) is 1.00. The molecule has 0 aliphatic rings. The SMILES string of the molecule is CCCCC(CC)C[C@@H](CC)CCC(C)CCNO. The van der Waals surface area contributed by atoms with Gasteiger partial charge in [-0.2, -0.15) is 0 Å². The number of hydroxylamine groups is 1. The Labute approximate surface area is 121 Å². The molecule has 0 aromatic heterocycles. The molecule has 2 heteroatoms. The van der Waals surface area contributed by atoms with Crippen LogP contribution in [0.1, 0.15) is 85.5 Å². The molecule has 19 heavy (non-hydrogen) atoms. The number of hydrogen-bond donors (Lipinski definition) is 2. The van der Waals surface area contributed by atoms with Gasteiger partial charge >= 0.3 is 0 Å². The molecule has 116 valence electrons. The fourth-order valence-electron chi connectivity index (χ4n) is 2.92. The maximum absolute atomic E-state index is 8.62. The molecule has 0 rings (SSSR count). The highest BCUT2D eigenvalue weighted by atomic mass is 16.5. The third kappa shape index (κ3) is 10.4. The Morgan fingerprint density at radius 1 is 0.895 bits per heavy atom. The normalized spacial score (nSPS) is 16.3. The van der Waals surface area contributed by atoms with Crippen LogP contribution in [0.4, 0.5) is 0 Å². The molecule has 0 aromatic rings. The molecule has 0 radical (unpaired) electrons. The molecule has 0 fully saturated rings. The summed E-state index contributed by atoms with van der Waals surface area (Å²) >= 11 is 0. The summed E-state index contributed by atoms with van der Waals surface area (Å²) in [6.07, 6.45) is 12.0. The van der Waals surface area contributed by atoms with Crippen molar-refractivity contribution in [3.05, 3.63) is 0 Å². The van der Waals surface area contributed by atoms with Gasteiger partial charge in [-0.25, -0.2) is 5.48 Å². The van der Waals surface area contributed by atoms with E-state index in [1.165, 1.54) is 51.4 Å². The summed E-state index contributed by atoms with van der Waals surface area (Å²) in [7, 11) is 0. The fourth-order valence-corrected chi connectivity index (χ4v) is 2.92. The van der Waals surface area contributed by atoms with E-state index in [0.29, 0.717) is 0 Å². The highest BCUT2D eigenvalue weighted by Crippen LogP contribution is 2.28. The van der Waals surface area contributed by atoms with E-state index < -0.39 is 0 Å².